The van der Waals surface area contributed by atoms with Crippen molar-refractivity contribution >= 4 is 17.7 Å². The molecule has 16 heavy (non-hydrogen) atoms. The van der Waals surface area contributed by atoms with Gasteiger partial charge in [-0.3, -0.25) is 0 Å². The van der Waals surface area contributed by atoms with Gasteiger partial charge >= 0.3 is 0 Å². The number of rotatable bonds is 1. The number of aryl methyl sites for hydroxylation is 1. The SMILES string of the molecule is Cc1ccccc1N=c1nc(N)oc(N)n1. The zero-order chi connectivity index (χ0) is 11.5. The second kappa shape index (κ2) is 4.01. The van der Waals surface area contributed by atoms with Crippen molar-refractivity contribution in [2.75, 3.05) is 11.5 Å². The molecule has 1 heterocycles. The number of nitrogen functional groups attached to an aromatic ring is 2. The van der Waals surface area contributed by atoms with Crippen LogP contribution < -0.4 is 17.1 Å². The van der Waals surface area contributed by atoms with E-state index < -0.39 is 0 Å². The van der Waals surface area contributed by atoms with E-state index in [1.54, 1.807) is 0 Å². The second-order valence-electron chi connectivity index (χ2n) is 3.20. The van der Waals surface area contributed by atoms with Crippen LogP contribution in [0.3, 0.4) is 0 Å². The van der Waals surface area contributed by atoms with Gasteiger partial charge in [0.15, 0.2) is 0 Å². The highest BCUT2D eigenvalue weighted by Crippen LogP contribution is 2.15. The van der Waals surface area contributed by atoms with E-state index in [-0.39, 0.29) is 17.6 Å². The van der Waals surface area contributed by atoms with Crippen molar-refractivity contribution in [3.63, 3.8) is 0 Å². The van der Waals surface area contributed by atoms with E-state index in [1.807, 2.05) is 31.2 Å². The Morgan fingerprint density at radius 1 is 1.12 bits per heavy atom. The molecule has 0 amide bonds. The summed E-state index contributed by atoms with van der Waals surface area (Å²) in [6.07, 6.45) is 0. The molecule has 6 heteroatoms. The summed E-state index contributed by atoms with van der Waals surface area (Å²) in [6.45, 7) is 1.94. The lowest BCUT2D eigenvalue weighted by molar-refractivity contribution is 0.541. The van der Waals surface area contributed by atoms with Crippen LogP contribution in [0, 0.1) is 6.92 Å². The highest BCUT2D eigenvalue weighted by Gasteiger charge is 1.98. The number of benzene rings is 1. The van der Waals surface area contributed by atoms with E-state index in [0.29, 0.717) is 0 Å². The van der Waals surface area contributed by atoms with Crippen LogP contribution in [0.15, 0.2) is 33.7 Å². The predicted molar refractivity (Wildman–Crippen MR) is 59.5 cm³/mol. The molecule has 0 aliphatic heterocycles. The molecule has 1 aromatic carbocycles. The maximum Gasteiger partial charge on any atom is 0.298 e. The summed E-state index contributed by atoms with van der Waals surface area (Å²) in [6, 6.07) is 7.50. The number of hydrogen-bond donors (Lipinski definition) is 2. The molecule has 0 unspecified atom stereocenters. The molecule has 0 atom stereocenters. The fourth-order valence-electron chi connectivity index (χ4n) is 1.22. The van der Waals surface area contributed by atoms with Gasteiger partial charge in [0.2, 0.25) is 0 Å². The van der Waals surface area contributed by atoms with Gasteiger partial charge in [-0.1, -0.05) is 18.2 Å². The first kappa shape index (κ1) is 10.2. The summed E-state index contributed by atoms with van der Waals surface area (Å²) in [4.78, 5) is 11.9. The number of nitrogens with zero attached hydrogens (tertiary/aromatic N) is 3. The van der Waals surface area contributed by atoms with Gasteiger partial charge in [0.05, 0.1) is 5.69 Å². The summed E-state index contributed by atoms with van der Waals surface area (Å²) >= 11 is 0. The van der Waals surface area contributed by atoms with Crippen LogP contribution in [-0.2, 0) is 0 Å². The summed E-state index contributed by atoms with van der Waals surface area (Å²) in [5.41, 5.74) is 12.8. The maximum atomic E-state index is 5.39. The third kappa shape index (κ3) is 2.17. The molecule has 2 aromatic rings. The number of nitrogens with two attached hydrogens (primary N) is 2. The lowest BCUT2D eigenvalue weighted by Crippen LogP contribution is -2.16. The molecule has 0 bridgehead atoms. The lowest BCUT2D eigenvalue weighted by atomic mass is 10.2. The third-order valence-corrected chi connectivity index (χ3v) is 1.97. The van der Waals surface area contributed by atoms with Crippen molar-refractivity contribution in [1.29, 1.82) is 0 Å². The fraction of sp³-hybridized carbons (Fsp3) is 0.100. The van der Waals surface area contributed by atoms with Gasteiger partial charge in [-0.05, 0) is 18.6 Å². The first-order valence-electron chi connectivity index (χ1n) is 4.65. The molecule has 0 spiro atoms. The molecule has 0 saturated carbocycles. The minimum atomic E-state index is -0.0557. The summed E-state index contributed by atoms with van der Waals surface area (Å²) < 4.78 is 4.76. The Kier molecular flexibility index (Phi) is 2.55. The molecular weight excluding hydrogens is 206 g/mol. The van der Waals surface area contributed by atoms with Crippen LogP contribution in [0.4, 0.5) is 17.7 Å². The van der Waals surface area contributed by atoms with Crippen LogP contribution in [0.5, 0.6) is 0 Å². The number of anilines is 2. The Morgan fingerprint density at radius 3 is 2.38 bits per heavy atom. The van der Waals surface area contributed by atoms with Gasteiger partial charge in [0.25, 0.3) is 17.6 Å². The Balaban J connectivity index is 2.56. The first-order valence-corrected chi connectivity index (χ1v) is 4.65. The molecule has 1 aromatic heterocycles. The van der Waals surface area contributed by atoms with Crippen molar-refractivity contribution in [3.05, 3.63) is 35.4 Å². The highest BCUT2D eigenvalue weighted by atomic mass is 16.4. The molecule has 0 saturated heterocycles. The normalized spacial score (nSPS) is 10.1. The average Bonchev–Trinajstić information content (AvgIpc) is 2.20. The van der Waals surface area contributed by atoms with E-state index >= 15 is 0 Å². The largest absolute Gasteiger partial charge is 0.392 e. The number of hydrogen-bond acceptors (Lipinski definition) is 6. The Labute approximate surface area is 91.7 Å². The monoisotopic (exact) mass is 217 g/mol. The molecule has 0 fully saturated rings. The molecule has 6 nitrogen and oxygen atoms in total. The Hall–Kier alpha value is -2.37. The smallest absolute Gasteiger partial charge is 0.298 e. The zero-order valence-electron chi connectivity index (χ0n) is 8.71. The van der Waals surface area contributed by atoms with Crippen LogP contribution in [0.1, 0.15) is 5.56 Å². The van der Waals surface area contributed by atoms with Crippen molar-refractivity contribution in [2.24, 2.45) is 4.99 Å². The molecule has 0 aliphatic rings. The lowest BCUT2D eigenvalue weighted by Gasteiger charge is -1.97. The number of aromatic nitrogens is 2. The molecule has 0 radical (unpaired) electrons. The maximum absolute atomic E-state index is 5.39. The Bertz CT molecular complexity index is 552. The van der Waals surface area contributed by atoms with E-state index in [9.17, 15) is 0 Å². The highest BCUT2D eigenvalue weighted by molar-refractivity contribution is 5.44. The average molecular weight is 217 g/mol. The first-order chi connectivity index (χ1) is 7.65. The van der Waals surface area contributed by atoms with E-state index in [2.05, 4.69) is 15.0 Å². The van der Waals surface area contributed by atoms with Crippen LogP contribution in [-0.4, -0.2) is 9.97 Å². The summed E-state index contributed by atoms with van der Waals surface area (Å²) in [7, 11) is 0. The molecule has 0 aliphatic carbocycles. The fourth-order valence-corrected chi connectivity index (χ4v) is 1.22. The summed E-state index contributed by atoms with van der Waals surface area (Å²) in [5.74, 6) is 0. The minimum absolute atomic E-state index is 0.0557. The van der Waals surface area contributed by atoms with Crippen LogP contribution in [0.25, 0.3) is 0 Å². The topological polar surface area (TPSA) is 103 Å². The van der Waals surface area contributed by atoms with E-state index in [1.165, 1.54) is 0 Å². The third-order valence-electron chi connectivity index (χ3n) is 1.97. The number of para-hydroxylation sites is 1. The van der Waals surface area contributed by atoms with Gasteiger partial charge in [-0.15, -0.1) is 0 Å². The van der Waals surface area contributed by atoms with Gasteiger partial charge < -0.3 is 15.9 Å². The van der Waals surface area contributed by atoms with Gasteiger partial charge in [-0.25, -0.2) is 4.99 Å². The predicted octanol–water partition coefficient (Wildman–Crippen LogP) is 0.775. The Morgan fingerprint density at radius 2 is 1.75 bits per heavy atom. The standard InChI is InChI=1S/C10H11N5O/c1-6-4-2-3-5-7(6)13-10-14-8(11)16-9(12)15-10/h2-5H,1H3,(H4,11,12,13,14,15). The van der Waals surface area contributed by atoms with Crippen molar-refractivity contribution in [1.82, 2.24) is 9.97 Å². The minimum Gasteiger partial charge on any atom is -0.392 e. The van der Waals surface area contributed by atoms with Gasteiger partial charge in [0.1, 0.15) is 0 Å². The van der Waals surface area contributed by atoms with Gasteiger partial charge in [-0.2, -0.15) is 9.97 Å². The van der Waals surface area contributed by atoms with Gasteiger partial charge in [0, 0.05) is 0 Å². The van der Waals surface area contributed by atoms with Crippen molar-refractivity contribution in [3.8, 4) is 0 Å². The zero-order valence-corrected chi connectivity index (χ0v) is 8.71. The molecule has 82 valence electrons. The quantitative estimate of drug-likeness (QED) is 0.734. The van der Waals surface area contributed by atoms with Crippen LogP contribution >= 0.6 is 0 Å². The van der Waals surface area contributed by atoms with Crippen LogP contribution in [0.2, 0.25) is 0 Å². The summed E-state index contributed by atoms with van der Waals surface area (Å²) in [5, 5.41) is 0. The molecule has 4 N–H and O–H groups in total. The van der Waals surface area contributed by atoms with Crippen molar-refractivity contribution in [2.45, 2.75) is 6.92 Å². The van der Waals surface area contributed by atoms with E-state index in [4.69, 9.17) is 15.9 Å². The second-order valence-corrected chi connectivity index (χ2v) is 3.20. The van der Waals surface area contributed by atoms with Crippen molar-refractivity contribution < 1.29 is 4.42 Å². The molecule has 2 rings (SSSR count). The van der Waals surface area contributed by atoms with E-state index in [0.717, 1.165) is 11.3 Å². The molecular formula is C10H11N5O.